The van der Waals surface area contributed by atoms with E-state index in [9.17, 15) is 4.79 Å². The predicted molar refractivity (Wildman–Crippen MR) is 88.6 cm³/mol. The standard InChI is InChI=1S/C17H22N2O3S/c1-11(17-12(2)18-22-13(17)3)8-16(20)19-5-6-21-15(9-19)14-4-7-23-10-14/h4,7,10-11,15H,5-6,8-9H2,1-3H3. The van der Waals surface area contributed by atoms with E-state index in [2.05, 4.69) is 23.5 Å². The number of aromatic nitrogens is 1. The summed E-state index contributed by atoms with van der Waals surface area (Å²) in [6.45, 7) is 7.76. The van der Waals surface area contributed by atoms with Gasteiger partial charge in [0.1, 0.15) is 11.9 Å². The van der Waals surface area contributed by atoms with Gasteiger partial charge >= 0.3 is 0 Å². The van der Waals surface area contributed by atoms with Crippen molar-refractivity contribution in [1.82, 2.24) is 10.1 Å². The molecule has 2 unspecified atom stereocenters. The Labute approximate surface area is 140 Å². The maximum Gasteiger partial charge on any atom is 0.223 e. The van der Waals surface area contributed by atoms with E-state index < -0.39 is 0 Å². The molecular weight excluding hydrogens is 312 g/mol. The van der Waals surface area contributed by atoms with Crippen molar-refractivity contribution >= 4 is 17.2 Å². The third kappa shape index (κ3) is 3.48. The minimum Gasteiger partial charge on any atom is -0.370 e. The number of carbonyl (C=O) groups excluding carboxylic acids is 1. The van der Waals surface area contributed by atoms with Gasteiger partial charge in [0.25, 0.3) is 0 Å². The summed E-state index contributed by atoms with van der Waals surface area (Å²) in [6.07, 6.45) is 0.465. The monoisotopic (exact) mass is 334 g/mol. The highest BCUT2D eigenvalue weighted by molar-refractivity contribution is 7.07. The van der Waals surface area contributed by atoms with Crippen LogP contribution in [0.4, 0.5) is 0 Å². The summed E-state index contributed by atoms with van der Waals surface area (Å²) in [5.74, 6) is 1.08. The van der Waals surface area contributed by atoms with Crippen molar-refractivity contribution in [2.75, 3.05) is 19.7 Å². The molecule has 1 fully saturated rings. The zero-order valence-corrected chi connectivity index (χ0v) is 14.6. The number of carbonyl (C=O) groups is 1. The van der Waals surface area contributed by atoms with Gasteiger partial charge in [0, 0.05) is 18.5 Å². The minimum absolute atomic E-state index is 0.00618. The van der Waals surface area contributed by atoms with Gasteiger partial charge in [-0.2, -0.15) is 11.3 Å². The van der Waals surface area contributed by atoms with E-state index in [1.807, 2.05) is 24.1 Å². The Balaban J connectivity index is 1.64. The first-order valence-electron chi connectivity index (χ1n) is 7.90. The van der Waals surface area contributed by atoms with Crippen molar-refractivity contribution in [2.24, 2.45) is 0 Å². The second-order valence-corrected chi connectivity index (χ2v) is 6.88. The Morgan fingerprint density at radius 1 is 1.52 bits per heavy atom. The van der Waals surface area contributed by atoms with Gasteiger partial charge in [0.2, 0.25) is 5.91 Å². The number of ether oxygens (including phenoxy) is 1. The molecule has 23 heavy (non-hydrogen) atoms. The zero-order chi connectivity index (χ0) is 16.4. The first kappa shape index (κ1) is 16.2. The highest BCUT2D eigenvalue weighted by Crippen LogP contribution is 2.28. The molecule has 2 aromatic heterocycles. The van der Waals surface area contributed by atoms with Gasteiger partial charge in [-0.25, -0.2) is 0 Å². The van der Waals surface area contributed by atoms with Crippen molar-refractivity contribution in [3.63, 3.8) is 0 Å². The van der Waals surface area contributed by atoms with Crippen molar-refractivity contribution in [2.45, 2.75) is 39.2 Å². The van der Waals surface area contributed by atoms with E-state index >= 15 is 0 Å². The van der Waals surface area contributed by atoms with Crippen molar-refractivity contribution < 1.29 is 14.1 Å². The molecular formula is C17H22N2O3S. The average Bonchev–Trinajstić information content (AvgIpc) is 3.17. The Bertz CT molecular complexity index is 646. The number of amides is 1. The topological polar surface area (TPSA) is 55.6 Å². The summed E-state index contributed by atoms with van der Waals surface area (Å²) >= 11 is 1.65. The molecule has 0 aliphatic carbocycles. The summed E-state index contributed by atoms with van der Waals surface area (Å²) < 4.78 is 11.0. The number of aryl methyl sites for hydroxylation is 2. The van der Waals surface area contributed by atoms with E-state index in [1.54, 1.807) is 11.3 Å². The Kier molecular flexibility index (Phi) is 4.82. The summed E-state index contributed by atoms with van der Waals surface area (Å²) in [6, 6.07) is 2.07. The van der Waals surface area contributed by atoms with Crippen LogP contribution in [0.1, 0.15) is 47.9 Å². The molecule has 5 nitrogen and oxygen atoms in total. The smallest absolute Gasteiger partial charge is 0.223 e. The second-order valence-electron chi connectivity index (χ2n) is 6.10. The molecule has 124 valence electrons. The normalized spacial score (nSPS) is 19.8. The molecule has 0 saturated carbocycles. The third-order valence-corrected chi connectivity index (χ3v) is 5.10. The summed E-state index contributed by atoms with van der Waals surface area (Å²) in [4.78, 5) is 14.6. The lowest BCUT2D eigenvalue weighted by molar-refractivity contribution is -0.139. The zero-order valence-electron chi connectivity index (χ0n) is 13.7. The fourth-order valence-electron chi connectivity index (χ4n) is 3.22. The largest absolute Gasteiger partial charge is 0.370 e. The molecule has 3 heterocycles. The maximum atomic E-state index is 12.7. The van der Waals surface area contributed by atoms with Crippen LogP contribution in [0.15, 0.2) is 21.3 Å². The van der Waals surface area contributed by atoms with E-state index in [-0.39, 0.29) is 17.9 Å². The van der Waals surface area contributed by atoms with Crippen LogP contribution in [0.3, 0.4) is 0 Å². The molecule has 1 aliphatic heterocycles. The number of hydrogen-bond donors (Lipinski definition) is 0. The molecule has 1 amide bonds. The fourth-order valence-corrected chi connectivity index (χ4v) is 3.92. The summed E-state index contributed by atoms with van der Waals surface area (Å²) in [5, 5.41) is 8.11. The van der Waals surface area contributed by atoms with Crippen molar-refractivity contribution in [3.05, 3.63) is 39.4 Å². The van der Waals surface area contributed by atoms with Crippen molar-refractivity contribution in [3.8, 4) is 0 Å². The molecule has 0 spiro atoms. The average molecular weight is 334 g/mol. The lowest BCUT2D eigenvalue weighted by atomic mass is 9.95. The number of rotatable bonds is 4. The van der Waals surface area contributed by atoms with E-state index in [4.69, 9.17) is 9.26 Å². The van der Waals surface area contributed by atoms with Crippen LogP contribution in [0.25, 0.3) is 0 Å². The predicted octanol–water partition coefficient (Wildman–Crippen LogP) is 3.45. The molecule has 1 saturated heterocycles. The maximum absolute atomic E-state index is 12.7. The first-order chi connectivity index (χ1) is 11.1. The number of morpholine rings is 1. The molecule has 0 bridgehead atoms. The van der Waals surface area contributed by atoms with Gasteiger partial charge in [0.05, 0.1) is 18.8 Å². The third-order valence-electron chi connectivity index (χ3n) is 4.40. The van der Waals surface area contributed by atoms with Gasteiger partial charge < -0.3 is 14.2 Å². The molecule has 0 aromatic carbocycles. The van der Waals surface area contributed by atoms with Gasteiger partial charge in [-0.15, -0.1) is 0 Å². The number of hydrogen-bond acceptors (Lipinski definition) is 5. The molecule has 2 atom stereocenters. The molecule has 6 heteroatoms. The van der Waals surface area contributed by atoms with E-state index in [0.29, 0.717) is 26.1 Å². The fraction of sp³-hybridized carbons (Fsp3) is 0.529. The first-order valence-corrected chi connectivity index (χ1v) is 8.84. The molecule has 0 N–H and O–H groups in total. The van der Waals surface area contributed by atoms with Gasteiger partial charge in [-0.3, -0.25) is 4.79 Å². The number of nitrogens with zero attached hydrogens (tertiary/aromatic N) is 2. The summed E-state index contributed by atoms with van der Waals surface area (Å²) in [7, 11) is 0. The van der Waals surface area contributed by atoms with Gasteiger partial charge in [0.15, 0.2) is 0 Å². The Hall–Kier alpha value is -1.66. The number of thiophene rings is 1. The van der Waals surface area contributed by atoms with E-state index in [0.717, 1.165) is 22.6 Å². The summed E-state index contributed by atoms with van der Waals surface area (Å²) in [5.41, 5.74) is 3.09. The SMILES string of the molecule is Cc1noc(C)c1C(C)CC(=O)N1CCOC(c2ccsc2)C1. The van der Waals surface area contributed by atoms with Crippen LogP contribution < -0.4 is 0 Å². The molecule has 3 rings (SSSR count). The van der Waals surface area contributed by atoms with Crippen LogP contribution in [0.5, 0.6) is 0 Å². The van der Waals surface area contributed by atoms with Crippen LogP contribution >= 0.6 is 11.3 Å². The molecule has 0 radical (unpaired) electrons. The highest BCUT2D eigenvalue weighted by Gasteiger charge is 2.28. The van der Waals surface area contributed by atoms with Crippen LogP contribution in [0, 0.1) is 13.8 Å². The Morgan fingerprint density at radius 3 is 3.00 bits per heavy atom. The minimum atomic E-state index is -0.00618. The second kappa shape index (κ2) is 6.84. The lowest BCUT2D eigenvalue weighted by Crippen LogP contribution is -2.42. The van der Waals surface area contributed by atoms with Crippen LogP contribution in [-0.4, -0.2) is 35.7 Å². The Morgan fingerprint density at radius 2 is 2.35 bits per heavy atom. The van der Waals surface area contributed by atoms with Gasteiger partial charge in [-0.1, -0.05) is 12.1 Å². The van der Waals surface area contributed by atoms with Crippen molar-refractivity contribution in [1.29, 1.82) is 0 Å². The molecule has 1 aliphatic rings. The lowest BCUT2D eigenvalue weighted by Gasteiger charge is -2.33. The molecule has 2 aromatic rings. The van der Waals surface area contributed by atoms with Gasteiger partial charge in [-0.05, 0) is 42.2 Å². The van der Waals surface area contributed by atoms with Crippen LogP contribution in [-0.2, 0) is 9.53 Å². The quantitative estimate of drug-likeness (QED) is 0.859. The highest BCUT2D eigenvalue weighted by atomic mass is 32.1. The van der Waals surface area contributed by atoms with E-state index in [1.165, 1.54) is 0 Å². The van der Waals surface area contributed by atoms with Crippen LogP contribution in [0.2, 0.25) is 0 Å².